The van der Waals surface area contributed by atoms with Crippen LogP contribution in [0.2, 0.25) is 0 Å². The summed E-state index contributed by atoms with van der Waals surface area (Å²) in [5.74, 6) is 0. The largest absolute Gasteiger partial charge is 0.488 e. The third-order valence-corrected chi connectivity index (χ3v) is 4.51. The molecular formula is C22H17BO2. The number of hydrogen-bond donors (Lipinski definition) is 2. The molecule has 0 spiro atoms. The molecule has 0 aromatic heterocycles. The average Bonchev–Trinajstić information content (AvgIpc) is 3.00. The van der Waals surface area contributed by atoms with Crippen LogP contribution in [0.5, 0.6) is 0 Å². The topological polar surface area (TPSA) is 40.5 Å². The Labute approximate surface area is 147 Å². The van der Waals surface area contributed by atoms with E-state index in [2.05, 4.69) is 60.7 Å². The summed E-state index contributed by atoms with van der Waals surface area (Å²) in [6, 6.07) is 30.4. The van der Waals surface area contributed by atoms with Gasteiger partial charge in [-0.05, 0) is 38.5 Å². The van der Waals surface area contributed by atoms with Gasteiger partial charge in [0.2, 0.25) is 0 Å². The van der Waals surface area contributed by atoms with Gasteiger partial charge in [0, 0.05) is 0 Å². The third-order valence-electron chi connectivity index (χ3n) is 4.51. The predicted molar refractivity (Wildman–Crippen MR) is 105 cm³/mol. The van der Waals surface area contributed by atoms with Crippen molar-refractivity contribution in [2.45, 2.75) is 0 Å². The molecule has 0 amide bonds. The normalized spacial score (nSPS) is 10.8. The Morgan fingerprint density at radius 2 is 0.960 bits per heavy atom. The highest BCUT2D eigenvalue weighted by Crippen LogP contribution is 2.46. The van der Waals surface area contributed by atoms with Gasteiger partial charge in [-0.3, -0.25) is 0 Å². The van der Waals surface area contributed by atoms with Crippen molar-refractivity contribution in [2.75, 3.05) is 0 Å². The molecule has 4 aromatic carbocycles. The number of rotatable bonds is 1. The van der Waals surface area contributed by atoms with Crippen LogP contribution in [0.15, 0.2) is 91.0 Å². The second-order valence-corrected chi connectivity index (χ2v) is 6.04. The van der Waals surface area contributed by atoms with Crippen LogP contribution in [0.3, 0.4) is 0 Å². The predicted octanol–water partition coefficient (Wildman–Crippen LogP) is 3.85. The number of hydrogen-bond acceptors (Lipinski definition) is 2. The Balaban J connectivity index is 0.000000150. The molecule has 25 heavy (non-hydrogen) atoms. The van der Waals surface area contributed by atoms with E-state index in [1.807, 2.05) is 6.07 Å². The molecule has 0 aliphatic heterocycles. The Kier molecular flexibility index (Phi) is 4.10. The summed E-state index contributed by atoms with van der Waals surface area (Å²) in [5, 5.41) is 19.9. The van der Waals surface area contributed by atoms with Gasteiger partial charge >= 0.3 is 7.12 Å². The molecule has 2 nitrogen and oxygen atoms in total. The molecule has 0 bridgehead atoms. The lowest BCUT2D eigenvalue weighted by Crippen LogP contribution is -2.29. The average molecular weight is 324 g/mol. The third kappa shape index (κ3) is 2.84. The Bertz CT molecular complexity index is 969. The fourth-order valence-electron chi connectivity index (χ4n) is 3.37. The van der Waals surface area contributed by atoms with Gasteiger partial charge < -0.3 is 10.0 Å². The minimum atomic E-state index is -1.34. The number of benzene rings is 4. The van der Waals surface area contributed by atoms with E-state index >= 15 is 0 Å². The van der Waals surface area contributed by atoms with E-state index in [4.69, 9.17) is 10.0 Å². The lowest BCUT2D eigenvalue weighted by Gasteiger charge is -2.00. The van der Waals surface area contributed by atoms with Gasteiger partial charge in [0.05, 0.1) is 0 Å². The molecule has 1 aliphatic carbocycles. The molecule has 5 rings (SSSR count). The van der Waals surface area contributed by atoms with E-state index in [1.165, 1.54) is 33.0 Å². The Hall–Kier alpha value is -2.88. The summed E-state index contributed by atoms with van der Waals surface area (Å²) in [6.07, 6.45) is 0. The van der Waals surface area contributed by atoms with Gasteiger partial charge in [-0.25, -0.2) is 0 Å². The minimum Gasteiger partial charge on any atom is -0.423 e. The van der Waals surface area contributed by atoms with Gasteiger partial charge in [0.15, 0.2) is 0 Å². The van der Waals surface area contributed by atoms with Gasteiger partial charge in [-0.15, -0.1) is 0 Å². The summed E-state index contributed by atoms with van der Waals surface area (Å²) < 4.78 is 0. The highest BCUT2D eigenvalue weighted by molar-refractivity contribution is 6.58. The van der Waals surface area contributed by atoms with Crippen molar-refractivity contribution in [3.63, 3.8) is 0 Å². The number of fused-ring (bicyclic) bond motifs is 3. The van der Waals surface area contributed by atoms with Crippen LogP contribution in [-0.2, 0) is 0 Å². The fraction of sp³-hybridized carbons (Fsp3) is 0. The summed E-state index contributed by atoms with van der Waals surface area (Å²) >= 11 is 0. The van der Waals surface area contributed by atoms with E-state index in [0.717, 1.165) is 0 Å². The molecule has 120 valence electrons. The lowest BCUT2D eigenvalue weighted by molar-refractivity contribution is 0.426. The first-order valence-corrected chi connectivity index (χ1v) is 8.28. The van der Waals surface area contributed by atoms with Crippen LogP contribution < -0.4 is 5.46 Å². The van der Waals surface area contributed by atoms with Crippen LogP contribution in [0.4, 0.5) is 0 Å². The van der Waals surface area contributed by atoms with Crippen molar-refractivity contribution in [2.24, 2.45) is 0 Å². The SMILES string of the molecule is OB(O)c1ccccc1.c1ccc2c(c1)-c1cccc3cccc-2c13. The molecule has 0 heterocycles. The molecular weight excluding hydrogens is 307 g/mol. The zero-order valence-corrected chi connectivity index (χ0v) is 13.6. The maximum absolute atomic E-state index is 8.58. The Morgan fingerprint density at radius 3 is 1.44 bits per heavy atom. The second-order valence-electron chi connectivity index (χ2n) is 6.04. The summed E-state index contributed by atoms with van der Waals surface area (Å²) in [6.45, 7) is 0. The van der Waals surface area contributed by atoms with Crippen molar-refractivity contribution in [1.29, 1.82) is 0 Å². The summed E-state index contributed by atoms with van der Waals surface area (Å²) in [7, 11) is -1.34. The molecule has 0 atom stereocenters. The molecule has 0 fully saturated rings. The van der Waals surface area contributed by atoms with E-state index in [-0.39, 0.29) is 0 Å². The van der Waals surface area contributed by atoms with Crippen molar-refractivity contribution >= 4 is 23.4 Å². The molecule has 0 radical (unpaired) electrons. The van der Waals surface area contributed by atoms with Gasteiger partial charge in [0.25, 0.3) is 0 Å². The smallest absolute Gasteiger partial charge is 0.423 e. The summed E-state index contributed by atoms with van der Waals surface area (Å²) in [4.78, 5) is 0. The molecule has 4 aromatic rings. The van der Waals surface area contributed by atoms with Gasteiger partial charge in [-0.1, -0.05) is 91.0 Å². The zero-order valence-electron chi connectivity index (χ0n) is 13.6. The van der Waals surface area contributed by atoms with Crippen LogP contribution in [-0.4, -0.2) is 17.2 Å². The molecule has 0 unspecified atom stereocenters. The fourth-order valence-corrected chi connectivity index (χ4v) is 3.37. The summed E-state index contributed by atoms with van der Waals surface area (Å²) in [5.41, 5.74) is 6.02. The Morgan fingerprint density at radius 1 is 0.480 bits per heavy atom. The van der Waals surface area contributed by atoms with E-state index in [9.17, 15) is 0 Å². The van der Waals surface area contributed by atoms with Crippen molar-refractivity contribution in [1.82, 2.24) is 0 Å². The van der Waals surface area contributed by atoms with Crippen LogP contribution in [0.25, 0.3) is 33.0 Å². The van der Waals surface area contributed by atoms with E-state index in [1.54, 1.807) is 24.3 Å². The van der Waals surface area contributed by atoms with Crippen LogP contribution in [0.1, 0.15) is 0 Å². The standard InChI is InChI=1S/C16H10.C6H7BO2/c1-2-8-13-12(7-1)14-9-3-5-11-6-4-10-15(13)16(11)14;8-7(9)6-4-2-1-3-5-6/h1-10H;1-5,8-9H. The molecule has 2 N–H and O–H groups in total. The highest BCUT2D eigenvalue weighted by atomic mass is 16.4. The molecule has 1 aliphatic rings. The first kappa shape index (κ1) is 15.6. The maximum Gasteiger partial charge on any atom is 0.488 e. The van der Waals surface area contributed by atoms with Crippen molar-refractivity contribution in [3.05, 3.63) is 91.0 Å². The van der Waals surface area contributed by atoms with E-state index < -0.39 is 7.12 Å². The van der Waals surface area contributed by atoms with Crippen molar-refractivity contribution < 1.29 is 10.0 Å². The van der Waals surface area contributed by atoms with Gasteiger partial charge in [-0.2, -0.15) is 0 Å². The second kappa shape index (κ2) is 6.56. The molecule has 3 heteroatoms. The zero-order chi connectivity index (χ0) is 17.2. The van der Waals surface area contributed by atoms with Gasteiger partial charge in [0.1, 0.15) is 0 Å². The maximum atomic E-state index is 8.58. The first-order valence-electron chi connectivity index (χ1n) is 8.28. The molecule has 0 saturated heterocycles. The quantitative estimate of drug-likeness (QED) is 0.460. The molecule has 0 saturated carbocycles. The highest BCUT2D eigenvalue weighted by Gasteiger charge is 2.19. The van der Waals surface area contributed by atoms with Crippen molar-refractivity contribution in [3.8, 4) is 22.3 Å². The monoisotopic (exact) mass is 324 g/mol. The van der Waals surface area contributed by atoms with Crippen LogP contribution >= 0.6 is 0 Å². The van der Waals surface area contributed by atoms with Crippen LogP contribution in [0, 0.1) is 0 Å². The lowest BCUT2D eigenvalue weighted by atomic mass is 9.81. The minimum absolute atomic E-state index is 0.525. The first-order chi connectivity index (χ1) is 12.3. The van der Waals surface area contributed by atoms with E-state index in [0.29, 0.717) is 5.46 Å².